The molecule has 0 spiro atoms. The molecule has 0 radical (unpaired) electrons. The molecule has 1 aliphatic rings. The summed E-state index contributed by atoms with van der Waals surface area (Å²) in [7, 11) is 3.03. The van der Waals surface area contributed by atoms with E-state index in [-0.39, 0.29) is 23.5 Å². The summed E-state index contributed by atoms with van der Waals surface area (Å²) in [6.45, 7) is 0.316. The molecular weight excluding hydrogens is 433 g/mol. The number of ether oxygens (including phenoxy) is 2. The SMILES string of the molecule is COc1cc(OC)cc(C(=O)Nc2nc3c(s2)CCC3C(=O)NCc2ccc(F)cc2)c1. The highest BCUT2D eigenvalue weighted by Crippen LogP contribution is 2.38. The Balaban J connectivity index is 1.42. The van der Waals surface area contributed by atoms with Crippen LogP contribution in [-0.2, 0) is 17.8 Å². The molecule has 4 rings (SSSR count). The average molecular weight is 456 g/mol. The highest BCUT2D eigenvalue weighted by Gasteiger charge is 2.32. The fourth-order valence-electron chi connectivity index (χ4n) is 3.56. The van der Waals surface area contributed by atoms with Crippen LogP contribution in [0.1, 0.15) is 38.8 Å². The summed E-state index contributed by atoms with van der Waals surface area (Å²) in [5, 5.41) is 6.14. The van der Waals surface area contributed by atoms with Gasteiger partial charge in [0.15, 0.2) is 5.13 Å². The average Bonchev–Trinajstić information content (AvgIpc) is 3.38. The van der Waals surface area contributed by atoms with Crippen LogP contribution in [-0.4, -0.2) is 31.0 Å². The molecule has 9 heteroatoms. The Kier molecular flexibility index (Phi) is 6.36. The second kappa shape index (κ2) is 9.35. The monoisotopic (exact) mass is 455 g/mol. The number of fused-ring (bicyclic) bond motifs is 1. The molecule has 3 aromatic rings. The molecule has 2 amide bonds. The maximum absolute atomic E-state index is 13.0. The number of hydrogen-bond donors (Lipinski definition) is 2. The molecule has 0 fully saturated rings. The van der Waals surface area contributed by atoms with E-state index >= 15 is 0 Å². The number of rotatable bonds is 7. The van der Waals surface area contributed by atoms with Crippen molar-refractivity contribution in [1.82, 2.24) is 10.3 Å². The molecule has 32 heavy (non-hydrogen) atoms. The number of carbonyl (C=O) groups is 2. The van der Waals surface area contributed by atoms with Gasteiger partial charge in [0.05, 0.1) is 25.8 Å². The van der Waals surface area contributed by atoms with E-state index < -0.39 is 0 Å². The molecular formula is C23H22FN3O4S. The summed E-state index contributed by atoms with van der Waals surface area (Å²) >= 11 is 1.37. The number of nitrogens with zero attached hydrogens (tertiary/aromatic N) is 1. The number of halogens is 1. The second-order valence-corrected chi connectivity index (χ2v) is 8.40. The van der Waals surface area contributed by atoms with E-state index in [0.29, 0.717) is 40.9 Å². The first-order valence-electron chi connectivity index (χ1n) is 10.0. The summed E-state index contributed by atoms with van der Waals surface area (Å²) in [6.07, 6.45) is 1.40. The van der Waals surface area contributed by atoms with Crippen molar-refractivity contribution in [3.8, 4) is 11.5 Å². The summed E-state index contributed by atoms with van der Waals surface area (Å²) in [5.41, 5.74) is 1.90. The first-order chi connectivity index (χ1) is 15.5. The molecule has 1 atom stereocenters. The third kappa shape index (κ3) is 4.72. The van der Waals surface area contributed by atoms with Gasteiger partial charge in [0, 0.05) is 23.1 Å². The Bertz CT molecular complexity index is 1120. The number of aromatic nitrogens is 1. The molecule has 0 aliphatic heterocycles. The van der Waals surface area contributed by atoms with E-state index in [2.05, 4.69) is 15.6 Å². The highest BCUT2D eigenvalue weighted by molar-refractivity contribution is 7.16. The first kappa shape index (κ1) is 21.8. The standard InChI is InChI=1S/C23H22FN3O4S/c1-30-16-9-14(10-17(11-16)31-2)21(28)27-23-26-20-18(7-8-19(20)32-23)22(29)25-12-13-3-5-15(24)6-4-13/h3-6,9-11,18H,7-8,12H2,1-2H3,(H,25,29)(H,26,27,28). The van der Waals surface area contributed by atoms with E-state index in [0.717, 1.165) is 16.9 Å². The fourth-order valence-corrected chi connectivity index (χ4v) is 4.59. The lowest BCUT2D eigenvalue weighted by atomic mass is 10.1. The van der Waals surface area contributed by atoms with E-state index in [9.17, 15) is 14.0 Å². The molecule has 0 saturated heterocycles. The van der Waals surface area contributed by atoms with Gasteiger partial charge in [0.25, 0.3) is 5.91 Å². The van der Waals surface area contributed by atoms with Crippen LogP contribution in [0, 0.1) is 5.82 Å². The number of thiazole rings is 1. The summed E-state index contributed by atoms with van der Waals surface area (Å²) in [6, 6.07) is 10.9. The van der Waals surface area contributed by atoms with Crippen LogP contribution in [0.3, 0.4) is 0 Å². The maximum Gasteiger partial charge on any atom is 0.257 e. The Morgan fingerprint density at radius 2 is 1.81 bits per heavy atom. The quantitative estimate of drug-likeness (QED) is 0.564. The summed E-state index contributed by atoms with van der Waals surface area (Å²) < 4.78 is 23.5. The van der Waals surface area contributed by atoms with E-state index in [1.54, 1.807) is 30.3 Å². The van der Waals surface area contributed by atoms with Gasteiger partial charge in [-0.05, 0) is 42.7 Å². The number of carbonyl (C=O) groups excluding carboxylic acids is 2. The largest absolute Gasteiger partial charge is 0.497 e. The third-order valence-corrected chi connectivity index (χ3v) is 6.29. The maximum atomic E-state index is 13.0. The second-order valence-electron chi connectivity index (χ2n) is 7.32. The number of anilines is 1. The minimum Gasteiger partial charge on any atom is -0.497 e. The number of methoxy groups -OCH3 is 2. The van der Waals surface area contributed by atoms with Crippen molar-refractivity contribution in [2.45, 2.75) is 25.3 Å². The molecule has 1 aromatic heterocycles. The predicted molar refractivity (Wildman–Crippen MR) is 119 cm³/mol. The minimum absolute atomic E-state index is 0.131. The Labute approximate surface area is 188 Å². The fraction of sp³-hybridized carbons (Fsp3) is 0.261. The van der Waals surface area contributed by atoms with Crippen molar-refractivity contribution >= 4 is 28.3 Å². The van der Waals surface area contributed by atoms with Crippen LogP contribution in [0.2, 0.25) is 0 Å². The number of hydrogen-bond acceptors (Lipinski definition) is 6. The third-order valence-electron chi connectivity index (χ3n) is 5.25. The van der Waals surface area contributed by atoms with Gasteiger partial charge in [-0.15, -0.1) is 11.3 Å². The van der Waals surface area contributed by atoms with Crippen LogP contribution < -0.4 is 20.1 Å². The molecule has 2 N–H and O–H groups in total. The number of amides is 2. The Morgan fingerprint density at radius 3 is 2.47 bits per heavy atom. The van der Waals surface area contributed by atoms with Crippen molar-refractivity contribution in [3.63, 3.8) is 0 Å². The lowest BCUT2D eigenvalue weighted by Gasteiger charge is -2.11. The van der Waals surface area contributed by atoms with Crippen molar-refractivity contribution < 1.29 is 23.5 Å². The highest BCUT2D eigenvalue weighted by atomic mass is 32.1. The van der Waals surface area contributed by atoms with Gasteiger partial charge < -0.3 is 14.8 Å². The van der Waals surface area contributed by atoms with E-state index in [1.807, 2.05) is 0 Å². The van der Waals surface area contributed by atoms with Gasteiger partial charge in [-0.2, -0.15) is 0 Å². The number of benzene rings is 2. The van der Waals surface area contributed by atoms with Crippen LogP contribution in [0.25, 0.3) is 0 Å². The minimum atomic E-state index is -0.371. The van der Waals surface area contributed by atoms with Crippen LogP contribution in [0.15, 0.2) is 42.5 Å². The lowest BCUT2D eigenvalue weighted by molar-refractivity contribution is -0.122. The number of aryl methyl sites for hydroxylation is 1. The predicted octanol–water partition coefficient (Wildman–Crippen LogP) is 3.90. The zero-order chi connectivity index (χ0) is 22.7. The van der Waals surface area contributed by atoms with Crippen LogP contribution >= 0.6 is 11.3 Å². The van der Waals surface area contributed by atoms with Crippen molar-refractivity contribution in [1.29, 1.82) is 0 Å². The number of nitrogens with one attached hydrogen (secondary N) is 2. The van der Waals surface area contributed by atoms with E-state index in [4.69, 9.17) is 9.47 Å². The van der Waals surface area contributed by atoms with Crippen molar-refractivity contribution in [3.05, 3.63) is 70.0 Å². The molecule has 2 aromatic carbocycles. The topological polar surface area (TPSA) is 89.6 Å². The smallest absolute Gasteiger partial charge is 0.257 e. The van der Waals surface area contributed by atoms with Crippen LogP contribution in [0.5, 0.6) is 11.5 Å². The van der Waals surface area contributed by atoms with Crippen molar-refractivity contribution in [2.24, 2.45) is 0 Å². The van der Waals surface area contributed by atoms with Crippen LogP contribution in [0.4, 0.5) is 9.52 Å². The van der Waals surface area contributed by atoms with Gasteiger partial charge in [-0.1, -0.05) is 12.1 Å². The first-order valence-corrected chi connectivity index (χ1v) is 10.8. The van der Waals surface area contributed by atoms with Crippen molar-refractivity contribution in [2.75, 3.05) is 19.5 Å². The lowest BCUT2D eigenvalue weighted by Crippen LogP contribution is -2.28. The van der Waals surface area contributed by atoms with Gasteiger partial charge >= 0.3 is 0 Å². The zero-order valence-corrected chi connectivity index (χ0v) is 18.4. The molecule has 1 unspecified atom stereocenters. The van der Waals surface area contributed by atoms with Gasteiger partial charge in [0.2, 0.25) is 5.91 Å². The summed E-state index contributed by atoms with van der Waals surface area (Å²) in [5.74, 6) is -0.141. The molecule has 1 heterocycles. The molecule has 0 saturated carbocycles. The summed E-state index contributed by atoms with van der Waals surface area (Å²) in [4.78, 5) is 30.9. The molecule has 1 aliphatic carbocycles. The van der Waals surface area contributed by atoms with Gasteiger partial charge in [-0.25, -0.2) is 9.37 Å². The zero-order valence-electron chi connectivity index (χ0n) is 17.6. The van der Waals surface area contributed by atoms with Gasteiger partial charge in [0.1, 0.15) is 17.3 Å². The van der Waals surface area contributed by atoms with Gasteiger partial charge in [-0.3, -0.25) is 14.9 Å². The molecule has 7 nitrogen and oxygen atoms in total. The van der Waals surface area contributed by atoms with E-state index in [1.165, 1.54) is 37.7 Å². The molecule has 166 valence electrons. The Morgan fingerprint density at radius 1 is 1.12 bits per heavy atom. The Hall–Kier alpha value is -3.46. The molecule has 0 bridgehead atoms. The normalized spacial score (nSPS) is 14.5.